The fourth-order valence-electron chi connectivity index (χ4n) is 3.43. The molecule has 0 aliphatic heterocycles. The third-order valence-electron chi connectivity index (χ3n) is 5.32. The van der Waals surface area contributed by atoms with Crippen LogP contribution in [0.25, 0.3) is 22.5 Å². The SMILES string of the molecule is CC(C)(c1cccc(-c2[c-]ccc([N+](=O)[O-])c2)n1)c1cccc(-c2[c-]ccc([N+](=O)[O-])c2)n1.[Pt+2]. The maximum atomic E-state index is 11.1. The van der Waals surface area contributed by atoms with Crippen LogP contribution >= 0.6 is 0 Å². The molecule has 2 aromatic carbocycles. The van der Waals surface area contributed by atoms with Gasteiger partial charge in [0, 0.05) is 26.6 Å². The van der Waals surface area contributed by atoms with Crippen LogP contribution in [0.4, 0.5) is 11.4 Å². The first kappa shape index (κ1) is 24.9. The van der Waals surface area contributed by atoms with Gasteiger partial charge in [-0.25, -0.2) is 0 Å². The van der Waals surface area contributed by atoms with Crippen molar-refractivity contribution < 1.29 is 30.9 Å². The number of nitro benzene ring substituents is 2. The second-order valence-corrected chi connectivity index (χ2v) is 7.88. The molecule has 0 saturated carbocycles. The zero-order valence-electron chi connectivity index (χ0n) is 18.2. The number of nitrogens with zero attached hydrogens (tertiary/aromatic N) is 4. The van der Waals surface area contributed by atoms with Gasteiger partial charge < -0.3 is 9.97 Å². The summed E-state index contributed by atoms with van der Waals surface area (Å²) in [6.45, 7) is 3.94. The van der Waals surface area contributed by atoms with Crippen LogP contribution in [-0.2, 0) is 26.5 Å². The Kier molecular flexibility index (Phi) is 7.32. The van der Waals surface area contributed by atoms with E-state index < -0.39 is 15.3 Å². The van der Waals surface area contributed by atoms with Gasteiger partial charge in [0.25, 0.3) is 0 Å². The standard InChI is InChI=1S/C25H18N4O4.Pt/c1-25(2,23-13-5-11-21(26-23)17-7-3-9-19(15-17)28(30)31)24-14-6-12-22(27-24)18-8-4-10-20(16-18)29(32)33;/h3-6,9-16H,1-2H3;/q-2;+2. The molecule has 0 aliphatic rings. The number of pyridine rings is 2. The zero-order chi connectivity index (χ0) is 23.6. The Balaban J connectivity index is 0.00000324. The second-order valence-electron chi connectivity index (χ2n) is 7.88. The molecular weight excluding hydrogens is 615 g/mol. The van der Waals surface area contributed by atoms with Crippen LogP contribution in [0, 0.1) is 32.4 Å². The molecule has 0 atom stereocenters. The van der Waals surface area contributed by atoms with Gasteiger partial charge in [-0.2, -0.15) is 0 Å². The molecule has 0 spiro atoms. The summed E-state index contributed by atoms with van der Waals surface area (Å²) in [6, 6.07) is 25.6. The van der Waals surface area contributed by atoms with Crippen LogP contribution in [0.15, 0.2) is 72.8 Å². The van der Waals surface area contributed by atoms with Crippen molar-refractivity contribution in [1.29, 1.82) is 0 Å². The number of hydrogen-bond donors (Lipinski definition) is 0. The van der Waals surface area contributed by atoms with Crippen LogP contribution in [0.3, 0.4) is 0 Å². The zero-order valence-corrected chi connectivity index (χ0v) is 20.4. The van der Waals surface area contributed by atoms with Crippen LogP contribution in [0.5, 0.6) is 0 Å². The minimum Gasteiger partial charge on any atom is -0.300 e. The van der Waals surface area contributed by atoms with Crippen LogP contribution in [0.2, 0.25) is 0 Å². The van der Waals surface area contributed by atoms with E-state index in [0.717, 1.165) is 0 Å². The maximum Gasteiger partial charge on any atom is 2.00 e. The summed E-state index contributed by atoms with van der Waals surface area (Å²) in [5.41, 5.74) is 2.92. The molecule has 34 heavy (non-hydrogen) atoms. The Bertz CT molecular complexity index is 1270. The fourth-order valence-corrected chi connectivity index (χ4v) is 3.43. The fraction of sp³-hybridized carbons (Fsp3) is 0.120. The molecule has 4 rings (SSSR count). The maximum absolute atomic E-state index is 11.1. The monoisotopic (exact) mass is 633 g/mol. The number of rotatable bonds is 6. The van der Waals surface area contributed by atoms with Crippen molar-refractivity contribution in [1.82, 2.24) is 9.97 Å². The van der Waals surface area contributed by atoms with Gasteiger partial charge in [0.1, 0.15) is 0 Å². The van der Waals surface area contributed by atoms with Gasteiger partial charge in [-0.3, -0.25) is 20.2 Å². The molecule has 0 unspecified atom stereocenters. The number of non-ortho nitro benzene ring substituents is 2. The van der Waals surface area contributed by atoms with E-state index in [0.29, 0.717) is 33.9 Å². The molecular formula is C25H18N4O4Pt. The minimum absolute atomic E-state index is 0. The molecule has 0 N–H and O–H groups in total. The van der Waals surface area contributed by atoms with Crippen molar-refractivity contribution in [2.45, 2.75) is 19.3 Å². The Labute approximate surface area is 210 Å². The first-order valence-corrected chi connectivity index (χ1v) is 10.0. The molecule has 8 nitrogen and oxygen atoms in total. The van der Waals surface area contributed by atoms with E-state index in [-0.39, 0.29) is 32.4 Å². The number of hydrogen-bond acceptors (Lipinski definition) is 6. The van der Waals surface area contributed by atoms with Crippen LogP contribution < -0.4 is 0 Å². The van der Waals surface area contributed by atoms with Crippen LogP contribution in [-0.4, -0.2) is 19.8 Å². The van der Waals surface area contributed by atoms with Crippen molar-refractivity contribution in [3.63, 3.8) is 0 Å². The first-order valence-electron chi connectivity index (χ1n) is 10.0. The van der Waals surface area contributed by atoms with Crippen molar-refractivity contribution in [2.75, 3.05) is 0 Å². The van der Waals surface area contributed by atoms with Crippen molar-refractivity contribution in [2.24, 2.45) is 0 Å². The normalized spacial score (nSPS) is 10.9. The summed E-state index contributed by atoms with van der Waals surface area (Å²) in [6.07, 6.45) is 0. The van der Waals surface area contributed by atoms with Gasteiger partial charge in [0.05, 0.1) is 0 Å². The third-order valence-corrected chi connectivity index (χ3v) is 5.32. The molecule has 4 aromatic rings. The van der Waals surface area contributed by atoms with Gasteiger partial charge in [0.15, 0.2) is 11.4 Å². The van der Waals surface area contributed by atoms with E-state index in [1.54, 1.807) is 12.1 Å². The van der Waals surface area contributed by atoms with Crippen LogP contribution in [0.1, 0.15) is 25.2 Å². The smallest absolute Gasteiger partial charge is 0.300 e. The van der Waals surface area contributed by atoms with E-state index in [1.165, 1.54) is 36.4 Å². The Morgan fingerprint density at radius 3 is 1.53 bits per heavy atom. The Morgan fingerprint density at radius 1 is 0.735 bits per heavy atom. The third kappa shape index (κ3) is 5.07. The van der Waals surface area contributed by atoms with E-state index >= 15 is 0 Å². The van der Waals surface area contributed by atoms with E-state index in [2.05, 4.69) is 12.1 Å². The van der Waals surface area contributed by atoms with Gasteiger partial charge in [-0.1, -0.05) is 48.5 Å². The molecule has 0 fully saturated rings. The van der Waals surface area contributed by atoms with E-state index in [1.807, 2.05) is 38.1 Å². The average Bonchev–Trinajstić information content (AvgIpc) is 2.84. The molecule has 2 heterocycles. The van der Waals surface area contributed by atoms with Gasteiger partial charge in [0.2, 0.25) is 0 Å². The van der Waals surface area contributed by atoms with Gasteiger partial charge in [-0.05, 0) is 37.4 Å². The average molecular weight is 634 g/mol. The first-order chi connectivity index (χ1) is 15.8. The largest absolute Gasteiger partial charge is 2.00 e. The second kappa shape index (κ2) is 10.0. The predicted molar refractivity (Wildman–Crippen MR) is 122 cm³/mol. The molecule has 2 aromatic heterocycles. The topological polar surface area (TPSA) is 112 Å². The van der Waals surface area contributed by atoms with Gasteiger partial charge >= 0.3 is 21.1 Å². The summed E-state index contributed by atoms with van der Waals surface area (Å²) in [7, 11) is 0. The molecule has 0 amide bonds. The number of benzene rings is 2. The van der Waals surface area contributed by atoms with Crippen molar-refractivity contribution in [3.05, 3.63) is 117 Å². The summed E-state index contributed by atoms with van der Waals surface area (Å²) in [5.74, 6) is 0. The molecule has 172 valence electrons. The summed E-state index contributed by atoms with van der Waals surface area (Å²) < 4.78 is 0. The van der Waals surface area contributed by atoms with Gasteiger partial charge in [-0.15, -0.1) is 35.4 Å². The summed E-state index contributed by atoms with van der Waals surface area (Å²) in [4.78, 5) is 30.8. The van der Waals surface area contributed by atoms with E-state index in [4.69, 9.17) is 9.97 Å². The number of aromatic nitrogens is 2. The van der Waals surface area contributed by atoms with Crippen molar-refractivity contribution in [3.8, 4) is 22.5 Å². The Morgan fingerprint density at radius 2 is 1.15 bits per heavy atom. The molecule has 0 saturated heterocycles. The molecule has 9 heteroatoms. The molecule has 0 aliphatic carbocycles. The number of nitro groups is 2. The summed E-state index contributed by atoms with van der Waals surface area (Å²) in [5, 5.41) is 22.3. The van der Waals surface area contributed by atoms with Crippen molar-refractivity contribution >= 4 is 11.4 Å². The predicted octanol–water partition coefficient (Wildman–Crippen LogP) is 5.55. The minimum atomic E-state index is -0.618. The summed E-state index contributed by atoms with van der Waals surface area (Å²) >= 11 is 0. The quantitative estimate of drug-likeness (QED) is 0.156. The molecule has 0 bridgehead atoms. The molecule has 0 radical (unpaired) electrons. The van der Waals surface area contributed by atoms with E-state index in [9.17, 15) is 20.2 Å². The Hall–Kier alpha value is -3.77.